The number of hydrogen-bond acceptors (Lipinski definition) is 2. The molecule has 0 aliphatic carbocycles. The molecule has 1 N–H and O–H groups in total. The average molecular weight is 233 g/mol. The minimum absolute atomic E-state index is 0.142. The number of rotatable bonds is 3. The van der Waals surface area contributed by atoms with E-state index < -0.39 is 23.6 Å². The molecular weight excluding hydrogens is 223 g/mol. The van der Waals surface area contributed by atoms with Gasteiger partial charge in [-0.2, -0.15) is 13.2 Å². The fourth-order valence-corrected chi connectivity index (χ4v) is 1.29. The Kier molecular flexibility index (Phi) is 3.51. The normalized spacial score (nSPS) is 13.5. The van der Waals surface area contributed by atoms with Crippen molar-refractivity contribution < 1.29 is 23.1 Å². The van der Waals surface area contributed by atoms with Gasteiger partial charge < -0.3 is 5.11 Å². The van der Waals surface area contributed by atoms with Gasteiger partial charge in [-0.15, -0.1) is 0 Å². The van der Waals surface area contributed by atoms with E-state index in [-0.39, 0.29) is 12.1 Å². The fraction of sp³-hybridized carbons (Fsp3) is 0.400. The highest BCUT2D eigenvalue weighted by atomic mass is 19.4. The van der Waals surface area contributed by atoms with Crippen LogP contribution in [-0.4, -0.2) is 16.1 Å². The monoisotopic (exact) mass is 233 g/mol. The Bertz CT molecular complexity index is 373. The van der Waals surface area contributed by atoms with Crippen LogP contribution in [0, 0.1) is 0 Å². The van der Waals surface area contributed by atoms with Crippen LogP contribution in [0.5, 0.6) is 0 Å². The van der Waals surface area contributed by atoms with Crippen molar-refractivity contribution in [2.45, 2.75) is 25.4 Å². The molecule has 0 saturated carbocycles. The smallest absolute Gasteiger partial charge is 0.417 e. The number of halogens is 3. The van der Waals surface area contributed by atoms with Crippen LogP contribution in [0.3, 0.4) is 0 Å². The quantitative estimate of drug-likeness (QED) is 0.873. The number of aliphatic carboxylic acids is 1. The number of hydrogen-bond donors (Lipinski definition) is 1. The summed E-state index contributed by atoms with van der Waals surface area (Å²) in [6.07, 6.45) is -3.51. The lowest BCUT2D eigenvalue weighted by atomic mass is 10.0. The summed E-state index contributed by atoms with van der Waals surface area (Å²) < 4.78 is 36.6. The first kappa shape index (κ1) is 12.5. The van der Waals surface area contributed by atoms with Gasteiger partial charge in [0.05, 0.1) is 17.2 Å². The molecular formula is C10H10F3NO2. The highest BCUT2D eigenvalue weighted by molar-refractivity contribution is 5.75. The van der Waals surface area contributed by atoms with Crippen LogP contribution in [0.4, 0.5) is 13.2 Å². The molecule has 88 valence electrons. The maximum atomic E-state index is 12.2. The lowest BCUT2D eigenvalue weighted by molar-refractivity contribution is -0.139. The van der Waals surface area contributed by atoms with Crippen molar-refractivity contribution in [3.8, 4) is 0 Å². The summed E-state index contributed by atoms with van der Waals surface area (Å²) in [5.41, 5.74) is -0.737. The molecule has 0 saturated heterocycles. The molecule has 0 bridgehead atoms. The van der Waals surface area contributed by atoms with Crippen molar-refractivity contribution in [3.63, 3.8) is 0 Å². The van der Waals surface area contributed by atoms with Gasteiger partial charge in [-0.1, -0.05) is 6.92 Å². The zero-order chi connectivity index (χ0) is 12.3. The largest absolute Gasteiger partial charge is 0.481 e. The highest BCUT2D eigenvalue weighted by Gasteiger charge is 2.31. The van der Waals surface area contributed by atoms with E-state index in [1.807, 2.05) is 0 Å². The van der Waals surface area contributed by atoms with Crippen LogP contribution in [0.2, 0.25) is 0 Å². The average Bonchev–Trinajstić information content (AvgIpc) is 2.17. The van der Waals surface area contributed by atoms with E-state index in [1.54, 1.807) is 6.92 Å². The Hall–Kier alpha value is -1.59. The summed E-state index contributed by atoms with van der Waals surface area (Å²) in [5, 5.41) is 8.79. The first-order valence-electron chi connectivity index (χ1n) is 4.62. The molecule has 0 aliphatic rings. The molecule has 0 spiro atoms. The van der Waals surface area contributed by atoms with Gasteiger partial charge in [0.2, 0.25) is 0 Å². The lowest BCUT2D eigenvalue weighted by Crippen LogP contribution is -2.13. The minimum atomic E-state index is -4.45. The summed E-state index contributed by atoms with van der Waals surface area (Å²) in [6.45, 7) is 1.64. The van der Waals surface area contributed by atoms with E-state index in [0.717, 1.165) is 12.1 Å². The molecule has 0 amide bonds. The van der Waals surface area contributed by atoms with Crippen molar-refractivity contribution in [1.82, 2.24) is 4.98 Å². The number of pyridine rings is 1. The Balaban J connectivity index is 2.98. The molecule has 1 unspecified atom stereocenters. The van der Waals surface area contributed by atoms with Crippen molar-refractivity contribution in [3.05, 3.63) is 29.6 Å². The van der Waals surface area contributed by atoms with Crippen molar-refractivity contribution in [2.75, 3.05) is 0 Å². The van der Waals surface area contributed by atoms with Crippen molar-refractivity contribution >= 4 is 5.97 Å². The third kappa shape index (κ3) is 2.71. The van der Waals surface area contributed by atoms with Gasteiger partial charge in [0, 0.05) is 6.20 Å². The van der Waals surface area contributed by atoms with Gasteiger partial charge in [0.15, 0.2) is 0 Å². The first-order valence-corrected chi connectivity index (χ1v) is 4.62. The maximum absolute atomic E-state index is 12.2. The number of carboxylic acids is 1. The van der Waals surface area contributed by atoms with Crippen molar-refractivity contribution in [1.29, 1.82) is 0 Å². The van der Waals surface area contributed by atoms with Crippen LogP contribution in [0.25, 0.3) is 0 Å². The van der Waals surface area contributed by atoms with E-state index in [4.69, 9.17) is 5.11 Å². The second-order valence-electron chi connectivity index (χ2n) is 3.27. The molecule has 16 heavy (non-hydrogen) atoms. The minimum Gasteiger partial charge on any atom is -0.481 e. The fourth-order valence-electron chi connectivity index (χ4n) is 1.29. The second kappa shape index (κ2) is 4.51. The third-order valence-corrected chi connectivity index (χ3v) is 2.18. The predicted octanol–water partition coefficient (Wildman–Crippen LogP) is 2.68. The predicted molar refractivity (Wildman–Crippen MR) is 49.9 cm³/mol. The SMILES string of the molecule is CCC(C(=O)O)c1ccc(C(F)(F)F)cn1. The van der Waals surface area contributed by atoms with Crippen LogP contribution in [0.1, 0.15) is 30.5 Å². The van der Waals surface area contributed by atoms with E-state index in [2.05, 4.69) is 4.98 Å². The van der Waals surface area contributed by atoms with Crippen molar-refractivity contribution in [2.24, 2.45) is 0 Å². The summed E-state index contributed by atoms with van der Waals surface area (Å²) >= 11 is 0. The Morgan fingerprint density at radius 2 is 2.12 bits per heavy atom. The lowest BCUT2D eigenvalue weighted by Gasteiger charge is -2.10. The van der Waals surface area contributed by atoms with Gasteiger partial charge in [0.25, 0.3) is 0 Å². The molecule has 0 aromatic carbocycles. The molecule has 1 atom stereocenters. The Morgan fingerprint density at radius 3 is 2.44 bits per heavy atom. The third-order valence-electron chi connectivity index (χ3n) is 2.18. The van der Waals surface area contributed by atoms with E-state index in [1.165, 1.54) is 0 Å². The number of carbonyl (C=O) groups is 1. The van der Waals surface area contributed by atoms with Gasteiger partial charge >= 0.3 is 12.1 Å². The first-order chi connectivity index (χ1) is 7.36. The van der Waals surface area contributed by atoms with E-state index in [0.29, 0.717) is 6.20 Å². The zero-order valence-corrected chi connectivity index (χ0v) is 8.45. The van der Waals surface area contributed by atoms with Gasteiger partial charge in [-0.25, -0.2) is 0 Å². The van der Waals surface area contributed by atoms with Gasteiger partial charge in [-0.3, -0.25) is 9.78 Å². The van der Waals surface area contributed by atoms with Crippen LogP contribution in [-0.2, 0) is 11.0 Å². The molecule has 6 heteroatoms. The summed E-state index contributed by atoms with van der Waals surface area (Å²) in [7, 11) is 0. The zero-order valence-electron chi connectivity index (χ0n) is 8.45. The standard InChI is InChI=1S/C10H10F3NO2/c1-2-7(9(15)16)8-4-3-6(5-14-8)10(11,12)13/h3-5,7H,2H2,1H3,(H,15,16). The Labute approximate surface area is 89.9 Å². The molecule has 1 heterocycles. The molecule has 0 radical (unpaired) electrons. The number of nitrogens with zero attached hydrogens (tertiary/aromatic N) is 1. The molecule has 1 aromatic heterocycles. The second-order valence-corrected chi connectivity index (χ2v) is 3.27. The summed E-state index contributed by atoms with van der Waals surface area (Å²) in [6, 6.07) is 1.94. The number of carboxylic acid groups (broad SMARTS) is 1. The number of alkyl halides is 3. The van der Waals surface area contributed by atoms with E-state index >= 15 is 0 Å². The van der Waals surface area contributed by atoms with Crippen LogP contribution in [0.15, 0.2) is 18.3 Å². The van der Waals surface area contributed by atoms with E-state index in [9.17, 15) is 18.0 Å². The van der Waals surface area contributed by atoms with Gasteiger partial charge in [0.1, 0.15) is 0 Å². The highest BCUT2D eigenvalue weighted by Crippen LogP contribution is 2.29. The molecule has 0 aliphatic heterocycles. The topological polar surface area (TPSA) is 50.2 Å². The molecule has 1 aromatic rings. The number of aromatic nitrogens is 1. The Morgan fingerprint density at radius 1 is 1.50 bits per heavy atom. The molecule has 3 nitrogen and oxygen atoms in total. The summed E-state index contributed by atoms with van der Waals surface area (Å²) in [5.74, 6) is -1.95. The molecule has 0 fully saturated rings. The van der Waals surface area contributed by atoms with Crippen LogP contribution >= 0.6 is 0 Å². The maximum Gasteiger partial charge on any atom is 0.417 e. The van der Waals surface area contributed by atoms with Crippen LogP contribution < -0.4 is 0 Å². The molecule has 1 rings (SSSR count). The van der Waals surface area contributed by atoms with Gasteiger partial charge in [-0.05, 0) is 18.6 Å². The summed E-state index contributed by atoms with van der Waals surface area (Å²) in [4.78, 5) is 14.3.